The highest BCUT2D eigenvalue weighted by Crippen LogP contribution is 2.40. The number of nitrogens with zero attached hydrogens (tertiary/aromatic N) is 2. The van der Waals surface area contributed by atoms with Crippen LogP contribution in [0, 0.1) is 6.92 Å². The van der Waals surface area contributed by atoms with E-state index in [0.717, 1.165) is 18.6 Å². The first-order valence-corrected chi connectivity index (χ1v) is 6.91. The normalized spacial score (nSPS) is 21.5. The molecule has 1 N–H and O–H groups in total. The third-order valence-electron chi connectivity index (χ3n) is 3.83. The molecule has 1 aliphatic rings. The minimum Gasteiger partial charge on any atom is -0.496 e. The number of hydrogen-bond donors (Lipinski definition) is 1. The third kappa shape index (κ3) is 2.67. The molecule has 2 aromatic rings. The van der Waals surface area contributed by atoms with Gasteiger partial charge in [0.05, 0.1) is 13.7 Å². The second-order valence-electron chi connectivity index (χ2n) is 5.22. The summed E-state index contributed by atoms with van der Waals surface area (Å²) >= 11 is 0. The van der Waals surface area contributed by atoms with E-state index in [0.29, 0.717) is 30.2 Å². The lowest BCUT2D eigenvalue weighted by atomic mass is 9.75. The topological polar surface area (TPSA) is 60.2 Å². The van der Waals surface area contributed by atoms with Crippen LogP contribution in [0.3, 0.4) is 0 Å². The average Bonchev–Trinajstić information content (AvgIpc) is 2.83. The van der Waals surface area contributed by atoms with E-state index in [2.05, 4.69) is 27.6 Å². The van der Waals surface area contributed by atoms with Gasteiger partial charge < -0.3 is 14.6 Å². The molecule has 5 heteroatoms. The highest BCUT2D eigenvalue weighted by Gasteiger charge is 2.31. The first kappa shape index (κ1) is 13.1. The van der Waals surface area contributed by atoms with Gasteiger partial charge in [0.25, 0.3) is 0 Å². The Morgan fingerprint density at radius 3 is 2.85 bits per heavy atom. The Kier molecular flexibility index (Phi) is 3.69. The summed E-state index contributed by atoms with van der Waals surface area (Å²) in [5.41, 5.74) is 1.31. The Hall–Kier alpha value is -1.88. The molecular weight excluding hydrogens is 254 g/mol. The van der Waals surface area contributed by atoms with E-state index in [-0.39, 0.29) is 0 Å². The fraction of sp³-hybridized carbons (Fsp3) is 0.467. The van der Waals surface area contributed by atoms with Crippen molar-refractivity contribution in [1.29, 1.82) is 0 Å². The van der Waals surface area contributed by atoms with Gasteiger partial charge in [-0.2, -0.15) is 4.98 Å². The van der Waals surface area contributed by atoms with Crippen LogP contribution in [0.25, 0.3) is 0 Å². The van der Waals surface area contributed by atoms with Crippen molar-refractivity contribution >= 4 is 0 Å². The van der Waals surface area contributed by atoms with Gasteiger partial charge in [0.15, 0.2) is 5.82 Å². The number of aromatic nitrogens is 2. The number of rotatable bonds is 5. The summed E-state index contributed by atoms with van der Waals surface area (Å²) < 4.78 is 10.5. The molecule has 0 bridgehead atoms. The summed E-state index contributed by atoms with van der Waals surface area (Å²) in [6.07, 6.45) is 2.24. The maximum absolute atomic E-state index is 5.42. The van der Waals surface area contributed by atoms with Crippen molar-refractivity contribution in [3.63, 3.8) is 0 Å². The third-order valence-corrected chi connectivity index (χ3v) is 3.83. The molecule has 0 radical (unpaired) electrons. The second-order valence-corrected chi connectivity index (χ2v) is 5.22. The van der Waals surface area contributed by atoms with Crippen LogP contribution in [0.1, 0.15) is 36.0 Å². The van der Waals surface area contributed by atoms with Crippen molar-refractivity contribution in [3.8, 4) is 5.75 Å². The van der Waals surface area contributed by atoms with Gasteiger partial charge in [-0.25, -0.2) is 0 Å². The number of para-hydroxylation sites is 1. The average molecular weight is 273 g/mol. The van der Waals surface area contributed by atoms with Crippen LogP contribution >= 0.6 is 0 Å². The monoisotopic (exact) mass is 273 g/mol. The first-order valence-electron chi connectivity index (χ1n) is 6.91. The summed E-state index contributed by atoms with van der Waals surface area (Å²) in [5.74, 6) is 2.90. The van der Waals surface area contributed by atoms with Crippen LogP contribution in [0.15, 0.2) is 28.8 Å². The Bertz CT molecular complexity index is 576. The Morgan fingerprint density at radius 2 is 2.15 bits per heavy atom. The van der Waals surface area contributed by atoms with Crippen LogP contribution < -0.4 is 10.1 Å². The zero-order valence-electron chi connectivity index (χ0n) is 11.8. The number of benzene rings is 1. The predicted molar refractivity (Wildman–Crippen MR) is 74.6 cm³/mol. The minimum absolute atomic E-state index is 0.511. The maximum atomic E-state index is 5.42. The van der Waals surface area contributed by atoms with Crippen LogP contribution in [-0.2, 0) is 6.54 Å². The van der Waals surface area contributed by atoms with Gasteiger partial charge in [0, 0.05) is 6.04 Å². The number of ether oxygens (including phenoxy) is 1. The molecule has 0 spiro atoms. The van der Waals surface area contributed by atoms with E-state index in [4.69, 9.17) is 9.26 Å². The highest BCUT2D eigenvalue weighted by molar-refractivity contribution is 5.37. The zero-order valence-corrected chi connectivity index (χ0v) is 11.8. The van der Waals surface area contributed by atoms with Gasteiger partial charge in [0.2, 0.25) is 5.89 Å². The van der Waals surface area contributed by atoms with Gasteiger partial charge in [-0.15, -0.1) is 0 Å². The van der Waals surface area contributed by atoms with E-state index < -0.39 is 0 Å². The fourth-order valence-corrected chi connectivity index (χ4v) is 2.69. The lowest BCUT2D eigenvalue weighted by Gasteiger charge is -2.36. The van der Waals surface area contributed by atoms with Gasteiger partial charge in [-0.1, -0.05) is 23.4 Å². The number of hydrogen-bond acceptors (Lipinski definition) is 5. The quantitative estimate of drug-likeness (QED) is 0.906. The zero-order chi connectivity index (χ0) is 13.9. The van der Waals surface area contributed by atoms with Gasteiger partial charge in [0.1, 0.15) is 5.75 Å². The predicted octanol–water partition coefficient (Wildman–Crippen LogP) is 2.42. The lowest BCUT2D eigenvalue weighted by Crippen LogP contribution is -2.39. The molecule has 0 unspecified atom stereocenters. The van der Waals surface area contributed by atoms with Crippen LogP contribution in [-0.4, -0.2) is 23.3 Å². The molecular formula is C15H19N3O2. The van der Waals surface area contributed by atoms with Gasteiger partial charge in [-0.3, -0.25) is 0 Å². The number of nitrogens with one attached hydrogen (secondary N) is 1. The molecule has 0 amide bonds. The molecule has 1 saturated carbocycles. The van der Waals surface area contributed by atoms with Crippen molar-refractivity contribution in [2.24, 2.45) is 0 Å². The molecule has 0 aliphatic heterocycles. The fourth-order valence-electron chi connectivity index (χ4n) is 2.69. The standard InChI is InChI=1S/C15H19N3O2/c1-10-17-15(20-18-10)9-16-12-7-11(8-12)13-5-3-4-6-14(13)19-2/h3-6,11-12,16H,7-9H2,1-2H3. The van der Waals surface area contributed by atoms with E-state index >= 15 is 0 Å². The molecule has 1 fully saturated rings. The Morgan fingerprint density at radius 1 is 1.35 bits per heavy atom. The van der Waals surface area contributed by atoms with Crippen molar-refractivity contribution in [2.75, 3.05) is 7.11 Å². The van der Waals surface area contributed by atoms with Crippen LogP contribution in [0.2, 0.25) is 0 Å². The smallest absolute Gasteiger partial charge is 0.240 e. The number of aryl methyl sites for hydroxylation is 1. The van der Waals surface area contributed by atoms with E-state index in [9.17, 15) is 0 Å². The first-order chi connectivity index (χ1) is 9.76. The van der Waals surface area contributed by atoms with Crippen LogP contribution in [0.5, 0.6) is 5.75 Å². The molecule has 1 aliphatic carbocycles. The Balaban J connectivity index is 1.51. The molecule has 1 aromatic carbocycles. The summed E-state index contributed by atoms with van der Waals surface area (Å²) in [6.45, 7) is 2.47. The van der Waals surface area contributed by atoms with Gasteiger partial charge in [-0.05, 0) is 37.3 Å². The number of methoxy groups -OCH3 is 1. The molecule has 106 valence electrons. The van der Waals surface area contributed by atoms with Crippen molar-refractivity contribution in [3.05, 3.63) is 41.5 Å². The molecule has 0 saturated heterocycles. The van der Waals surface area contributed by atoms with Crippen molar-refractivity contribution in [1.82, 2.24) is 15.5 Å². The summed E-state index contributed by atoms with van der Waals surface area (Å²) in [4.78, 5) is 4.19. The van der Waals surface area contributed by atoms with Crippen molar-refractivity contribution in [2.45, 2.75) is 38.3 Å². The van der Waals surface area contributed by atoms with Crippen molar-refractivity contribution < 1.29 is 9.26 Å². The van der Waals surface area contributed by atoms with E-state index in [1.807, 2.05) is 19.1 Å². The Labute approximate surface area is 118 Å². The summed E-state index contributed by atoms with van der Waals surface area (Å²) in [6, 6.07) is 8.77. The molecule has 5 nitrogen and oxygen atoms in total. The highest BCUT2D eigenvalue weighted by atomic mass is 16.5. The molecule has 1 heterocycles. The van der Waals surface area contributed by atoms with E-state index in [1.165, 1.54) is 5.56 Å². The summed E-state index contributed by atoms with van der Waals surface area (Å²) in [5, 5.41) is 7.23. The molecule has 20 heavy (non-hydrogen) atoms. The largest absolute Gasteiger partial charge is 0.496 e. The van der Waals surface area contributed by atoms with Gasteiger partial charge >= 0.3 is 0 Å². The minimum atomic E-state index is 0.511. The second kappa shape index (κ2) is 5.63. The van der Waals surface area contributed by atoms with E-state index in [1.54, 1.807) is 7.11 Å². The SMILES string of the molecule is COc1ccccc1C1CC(NCc2nc(C)no2)C1. The molecule has 3 rings (SSSR count). The molecule has 1 aromatic heterocycles. The molecule has 0 atom stereocenters. The van der Waals surface area contributed by atoms with Crippen LogP contribution in [0.4, 0.5) is 0 Å². The maximum Gasteiger partial charge on any atom is 0.240 e. The lowest BCUT2D eigenvalue weighted by molar-refractivity contribution is 0.266. The summed E-state index contributed by atoms with van der Waals surface area (Å²) in [7, 11) is 1.73.